The van der Waals surface area contributed by atoms with Gasteiger partial charge in [0.1, 0.15) is 0 Å². The van der Waals surface area contributed by atoms with Crippen molar-refractivity contribution in [3.63, 3.8) is 0 Å². The van der Waals surface area contributed by atoms with Gasteiger partial charge in [0.25, 0.3) is 0 Å². The second-order valence-electron chi connectivity index (χ2n) is 6.86. The van der Waals surface area contributed by atoms with Crippen molar-refractivity contribution >= 4 is 19.2 Å². The monoisotopic (exact) mass is 464 g/mol. The molecular formula is C24H24O2Sn. The molecule has 2 aliphatic carbocycles. The second-order valence-corrected chi connectivity index (χ2v) is 16.4. The molecule has 0 aromatic heterocycles. The van der Waals surface area contributed by atoms with Crippen molar-refractivity contribution in [3.05, 3.63) is 120 Å². The molecule has 0 atom stereocenters. The van der Waals surface area contributed by atoms with Crippen molar-refractivity contribution in [2.24, 2.45) is 0 Å². The molecule has 2 nitrogen and oxygen atoms in total. The molecule has 2 aromatic rings. The van der Waals surface area contributed by atoms with Crippen LogP contribution in [-0.2, 0) is 19.4 Å². The van der Waals surface area contributed by atoms with E-state index in [-0.39, 0.29) is 7.87 Å². The van der Waals surface area contributed by atoms with Gasteiger partial charge in [0.15, 0.2) is 0 Å². The quantitative estimate of drug-likeness (QED) is 0.458. The van der Waals surface area contributed by atoms with Crippen LogP contribution in [0.15, 0.2) is 109 Å². The van der Waals surface area contributed by atoms with E-state index in [0.29, 0.717) is 13.2 Å². The summed E-state index contributed by atoms with van der Waals surface area (Å²) in [5.74, 6) is 0. The molecule has 0 aliphatic heterocycles. The molecule has 0 N–H and O–H groups in total. The standard InChI is InChI=1S/2C7H7O.2C5H5.Sn/c2*8-6-7-4-2-1-3-5-7;2*1-2-4-5-3-1;/h2*1-5H,6H2;2*1-5H;/q2*-1;;;+2. The molecule has 0 heterocycles. The predicted octanol–water partition coefficient (Wildman–Crippen LogP) is 5.85. The maximum absolute atomic E-state index is 6.79. The molecule has 0 amide bonds. The van der Waals surface area contributed by atoms with Gasteiger partial charge in [0.2, 0.25) is 0 Å². The first-order chi connectivity index (χ1) is 13.4. The van der Waals surface area contributed by atoms with Crippen LogP contribution in [0.3, 0.4) is 0 Å². The number of rotatable bonds is 8. The fourth-order valence-electron chi connectivity index (χ4n) is 3.59. The zero-order valence-electron chi connectivity index (χ0n) is 15.3. The Bertz CT molecular complexity index is 755. The third-order valence-corrected chi connectivity index (χ3v) is 15.9. The van der Waals surface area contributed by atoms with Gasteiger partial charge in [0.05, 0.1) is 0 Å². The summed E-state index contributed by atoms with van der Waals surface area (Å²) in [5.41, 5.74) is 2.39. The van der Waals surface area contributed by atoms with Crippen molar-refractivity contribution in [2.75, 3.05) is 0 Å². The Morgan fingerprint density at radius 2 is 0.926 bits per heavy atom. The average Bonchev–Trinajstić information content (AvgIpc) is 3.45. The Kier molecular flexibility index (Phi) is 6.07. The van der Waals surface area contributed by atoms with E-state index in [1.165, 1.54) is 11.1 Å². The SMILES string of the molecule is C1=C[CH]([Sn]([O]Cc2ccccc2)([O]Cc2ccccc2)[CH]2C=CC=C2)C=C1. The van der Waals surface area contributed by atoms with Crippen LogP contribution in [0.5, 0.6) is 0 Å². The van der Waals surface area contributed by atoms with Gasteiger partial charge in [-0.15, -0.1) is 0 Å². The van der Waals surface area contributed by atoms with Crippen molar-refractivity contribution < 1.29 is 6.15 Å². The van der Waals surface area contributed by atoms with Crippen LogP contribution in [-0.4, -0.2) is 19.2 Å². The summed E-state index contributed by atoms with van der Waals surface area (Å²) in [6.45, 7) is 1.20. The van der Waals surface area contributed by atoms with E-state index in [2.05, 4.69) is 97.1 Å². The second kappa shape index (κ2) is 8.87. The minimum absolute atomic E-state index is 0.268. The first-order valence-electron chi connectivity index (χ1n) is 9.42. The molecule has 0 saturated carbocycles. The van der Waals surface area contributed by atoms with E-state index in [1.54, 1.807) is 0 Å². The third kappa shape index (κ3) is 4.34. The van der Waals surface area contributed by atoms with E-state index < -0.39 is 19.2 Å². The molecule has 27 heavy (non-hydrogen) atoms. The predicted molar refractivity (Wildman–Crippen MR) is 112 cm³/mol. The molecule has 4 rings (SSSR count). The Labute approximate surface area is 166 Å². The number of allylic oxidation sites excluding steroid dienone is 8. The average molecular weight is 463 g/mol. The van der Waals surface area contributed by atoms with E-state index in [1.807, 2.05) is 12.1 Å². The number of hydrogen-bond acceptors (Lipinski definition) is 2. The van der Waals surface area contributed by atoms with Crippen LogP contribution in [0.2, 0.25) is 7.87 Å². The topological polar surface area (TPSA) is 18.5 Å². The van der Waals surface area contributed by atoms with Gasteiger partial charge in [-0.05, 0) is 0 Å². The fraction of sp³-hybridized carbons (Fsp3) is 0.167. The van der Waals surface area contributed by atoms with E-state index in [4.69, 9.17) is 6.15 Å². The van der Waals surface area contributed by atoms with E-state index >= 15 is 0 Å². The van der Waals surface area contributed by atoms with Crippen LogP contribution < -0.4 is 0 Å². The Morgan fingerprint density at radius 3 is 1.30 bits per heavy atom. The molecule has 0 bridgehead atoms. The summed E-state index contributed by atoms with van der Waals surface area (Å²) in [7, 11) is 0. The molecular weight excluding hydrogens is 439 g/mol. The van der Waals surface area contributed by atoms with Crippen LogP contribution in [0.1, 0.15) is 11.1 Å². The first-order valence-corrected chi connectivity index (χ1v) is 15.1. The normalized spacial score (nSPS) is 16.6. The molecule has 0 fully saturated rings. The molecule has 3 heteroatoms. The van der Waals surface area contributed by atoms with Crippen molar-refractivity contribution in [1.82, 2.24) is 0 Å². The van der Waals surface area contributed by atoms with Gasteiger partial charge < -0.3 is 0 Å². The van der Waals surface area contributed by atoms with Crippen molar-refractivity contribution in [1.29, 1.82) is 0 Å². The van der Waals surface area contributed by atoms with Gasteiger partial charge in [0, 0.05) is 0 Å². The Morgan fingerprint density at radius 1 is 0.556 bits per heavy atom. The van der Waals surface area contributed by atoms with Crippen LogP contribution in [0, 0.1) is 0 Å². The van der Waals surface area contributed by atoms with Crippen molar-refractivity contribution in [3.8, 4) is 0 Å². The molecule has 0 spiro atoms. The third-order valence-electron chi connectivity index (χ3n) is 5.04. The molecule has 0 unspecified atom stereocenters. The van der Waals surface area contributed by atoms with Crippen molar-refractivity contribution in [2.45, 2.75) is 21.1 Å². The molecule has 2 aliphatic rings. The van der Waals surface area contributed by atoms with Gasteiger partial charge in [-0.1, -0.05) is 0 Å². The molecule has 0 saturated heterocycles. The molecule has 0 radical (unpaired) electrons. The van der Waals surface area contributed by atoms with Crippen LogP contribution >= 0.6 is 0 Å². The summed E-state index contributed by atoms with van der Waals surface area (Å²) < 4.78 is 14.1. The van der Waals surface area contributed by atoms with E-state index in [9.17, 15) is 0 Å². The summed E-state index contributed by atoms with van der Waals surface area (Å²) in [6, 6.07) is 20.8. The van der Waals surface area contributed by atoms with Crippen LogP contribution in [0.4, 0.5) is 0 Å². The zero-order chi connectivity index (χ0) is 18.4. The molecule has 2 aromatic carbocycles. The minimum atomic E-state index is -3.60. The summed E-state index contributed by atoms with van der Waals surface area (Å²) in [5, 5.41) is 0. The Balaban J connectivity index is 1.62. The van der Waals surface area contributed by atoms with Gasteiger partial charge >= 0.3 is 167 Å². The summed E-state index contributed by atoms with van der Waals surface area (Å²) in [6.07, 6.45) is 17.5. The van der Waals surface area contributed by atoms with Gasteiger partial charge in [-0.3, -0.25) is 0 Å². The van der Waals surface area contributed by atoms with E-state index in [0.717, 1.165) is 0 Å². The first kappa shape index (κ1) is 18.5. The van der Waals surface area contributed by atoms with Gasteiger partial charge in [-0.2, -0.15) is 0 Å². The zero-order valence-corrected chi connectivity index (χ0v) is 18.1. The Hall–Kier alpha value is -1.88. The van der Waals surface area contributed by atoms with Crippen LogP contribution in [0.25, 0.3) is 0 Å². The summed E-state index contributed by atoms with van der Waals surface area (Å²) in [4.78, 5) is 0. The fourth-order valence-corrected chi connectivity index (χ4v) is 13.9. The van der Waals surface area contributed by atoms with Gasteiger partial charge in [-0.25, -0.2) is 0 Å². The summed E-state index contributed by atoms with van der Waals surface area (Å²) >= 11 is -3.60. The molecule has 136 valence electrons. The number of benzene rings is 2. The number of hydrogen-bond donors (Lipinski definition) is 0. The maximum atomic E-state index is 6.79.